The Kier molecular flexibility index (Phi) is 5.96. The number of nitrogens with one attached hydrogen (secondary N) is 4. The fraction of sp³-hybridized carbons (Fsp3) is 0.167. The standard InChI is InChI=1S/C18H19ClN4O5/c1-10-14(15-3-2-4-16(19)17(15)21-10)5-6-20-18(24)11-7-12(22(25)26)9-13(8-11)23(27)28/h2-4,7-9,21-23,25,27H,5-6H2,1H3,(H,20,24). The molecule has 2 aromatic carbocycles. The summed E-state index contributed by atoms with van der Waals surface area (Å²) in [7, 11) is 0. The first-order valence-corrected chi connectivity index (χ1v) is 8.81. The molecule has 0 spiro atoms. The number of para-hydroxylation sites is 1. The molecule has 0 aliphatic carbocycles. The maximum atomic E-state index is 12.4. The van der Waals surface area contributed by atoms with Gasteiger partial charge >= 0.3 is 0 Å². The van der Waals surface area contributed by atoms with Crippen molar-refractivity contribution in [1.29, 1.82) is 0 Å². The summed E-state index contributed by atoms with van der Waals surface area (Å²) in [5, 5.41) is 42.3. The van der Waals surface area contributed by atoms with E-state index in [0.717, 1.165) is 40.4 Å². The summed E-state index contributed by atoms with van der Waals surface area (Å²) in [6.45, 7) is 2.21. The third-order valence-corrected chi connectivity index (χ3v) is 4.77. The third kappa shape index (κ3) is 4.16. The van der Waals surface area contributed by atoms with Crippen LogP contribution in [0, 0.1) is 17.3 Å². The van der Waals surface area contributed by atoms with Gasteiger partial charge in [-0.25, -0.2) is 10.4 Å². The molecule has 1 amide bonds. The van der Waals surface area contributed by atoms with Crippen LogP contribution in [-0.4, -0.2) is 27.9 Å². The molecule has 3 rings (SSSR count). The van der Waals surface area contributed by atoms with Crippen LogP contribution in [0.2, 0.25) is 5.02 Å². The van der Waals surface area contributed by atoms with E-state index in [1.165, 1.54) is 0 Å². The molecule has 28 heavy (non-hydrogen) atoms. The molecule has 0 bridgehead atoms. The molecule has 0 fully saturated rings. The lowest BCUT2D eigenvalue weighted by Gasteiger charge is -2.17. The van der Waals surface area contributed by atoms with Crippen molar-refractivity contribution in [2.75, 3.05) is 6.54 Å². The Morgan fingerprint density at radius 2 is 1.82 bits per heavy atom. The van der Waals surface area contributed by atoms with E-state index in [4.69, 9.17) is 22.0 Å². The summed E-state index contributed by atoms with van der Waals surface area (Å²) >= 11 is 6.19. The van der Waals surface area contributed by atoms with Gasteiger partial charge in [0.05, 0.1) is 22.2 Å². The second-order valence-electron chi connectivity index (χ2n) is 6.31. The lowest BCUT2D eigenvalue weighted by Crippen LogP contribution is -3.00. The summed E-state index contributed by atoms with van der Waals surface area (Å²) in [5.74, 6) is -0.541. The zero-order chi connectivity index (χ0) is 20.4. The number of hydrogen-bond donors (Lipinski definition) is 6. The molecule has 9 nitrogen and oxygen atoms in total. The van der Waals surface area contributed by atoms with Gasteiger partial charge in [-0.2, -0.15) is 10.5 Å². The molecule has 2 atom stereocenters. The van der Waals surface area contributed by atoms with Gasteiger partial charge in [0.15, 0.2) is 11.4 Å². The van der Waals surface area contributed by atoms with Gasteiger partial charge in [-0.3, -0.25) is 4.79 Å². The van der Waals surface area contributed by atoms with Crippen LogP contribution in [0.15, 0.2) is 36.4 Å². The smallest absolute Gasteiger partial charge is 0.251 e. The Bertz CT molecular complexity index is 992. The minimum atomic E-state index is -1.30. The van der Waals surface area contributed by atoms with Gasteiger partial charge in [0.25, 0.3) is 5.91 Å². The van der Waals surface area contributed by atoms with Gasteiger partial charge < -0.3 is 20.7 Å². The molecule has 1 aromatic heterocycles. The average molecular weight is 407 g/mol. The van der Waals surface area contributed by atoms with E-state index in [2.05, 4.69) is 10.3 Å². The van der Waals surface area contributed by atoms with Crippen molar-refractivity contribution in [1.82, 2.24) is 10.3 Å². The molecule has 10 heteroatoms. The first-order chi connectivity index (χ1) is 13.3. The van der Waals surface area contributed by atoms with Gasteiger partial charge in [-0.1, -0.05) is 23.7 Å². The van der Waals surface area contributed by atoms with Crippen LogP contribution in [0.4, 0.5) is 11.4 Å². The maximum absolute atomic E-state index is 12.4. The summed E-state index contributed by atoms with van der Waals surface area (Å²) in [5.41, 5.74) is 2.26. The van der Waals surface area contributed by atoms with Crippen LogP contribution in [0.25, 0.3) is 10.9 Å². The fourth-order valence-corrected chi connectivity index (χ4v) is 3.32. The zero-order valence-electron chi connectivity index (χ0n) is 14.9. The minimum absolute atomic E-state index is 0.0176. The van der Waals surface area contributed by atoms with Crippen molar-refractivity contribution in [3.05, 3.63) is 68.7 Å². The highest BCUT2D eigenvalue weighted by Gasteiger charge is 2.16. The highest BCUT2D eigenvalue weighted by molar-refractivity contribution is 6.35. The number of fused-ring (bicyclic) bond motifs is 1. The zero-order valence-corrected chi connectivity index (χ0v) is 15.6. The predicted octanol–water partition coefficient (Wildman–Crippen LogP) is 0.909. The van der Waals surface area contributed by atoms with Crippen molar-refractivity contribution < 1.29 is 25.7 Å². The van der Waals surface area contributed by atoms with E-state index in [1.54, 1.807) is 6.07 Å². The first kappa shape index (κ1) is 20.2. The van der Waals surface area contributed by atoms with E-state index in [9.17, 15) is 15.2 Å². The molecule has 0 saturated heterocycles. The second-order valence-corrected chi connectivity index (χ2v) is 6.71. The van der Waals surface area contributed by atoms with Crippen LogP contribution in [0.5, 0.6) is 0 Å². The van der Waals surface area contributed by atoms with Crippen molar-refractivity contribution in [3.63, 3.8) is 0 Å². The number of aromatic amines is 1. The van der Waals surface area contributed by atoms with Crippen molar-refractivity contribution in [2.45, 2.75) is 13.3 Å². The lowest BCUT2D eigenvalue weighted by atomic mass is 10.1. The average Bonchev–Trinajstić information content (AvgIpc) is 2.98. The van der Waals surface area contributed by atoms with Gasteiger partial charge in [0.1, 0.15) is 0 Å². The van der Waals surface area contributed by atoms with Gasteiger partial charge in [-0.15, -0.1) is 0 Å². The number of halogens is 1. The van der Waals surface area contributed by atoms with Crippen molar-refractivity contribution in [2.24, 2.45) is 0 Å². The monoisotopic (exact) mass is 406 g/mol. The Morgan fingerprint density at radius 3 is 2.43 bits per heavy atom. The van der Waals surface area contributed by atoms with Crippen LogP contribution in [0.3, 0.4) is 0 Å². The Balaban J connectivity index is 1.75. The molecule has 0 aliphatic rings. The minimum Gasteiger partial charge on any atom is -0.595 e. The van der Waals surface area contributed by atoms with E-state index in [0.29, 0.717) is 18.0 Å². The molecular weight excluding hydrogens is 388 g/mol. The number of benzene rings is 2. The Hall–Kier alpha value is -2.50. The lowest BCUT2D eigenvalue weighted by molar-refractivity contribution is -0.996. The largest absolute Gasteiger partial charge is 0.595 e. The number of rotatable bonds is 6. The molecule has 0 saturated carbocycles. The number of carbonyl (C=O) groups excluding carboxylic acids is 1. The quantitative estimate of drug-likeness (QED) is 0.337. The fourth-order valence-electron chi connectivity index (χ4n) is 3.10. The summed E-state index contributed by atoms with van der Waals surface area (Å²) in [4.78, 5) is 15.6. The summed E-state index contributed by atoms with van der Waals surface area (Å²) in [6.07, 6.45) is 0.530. The normalized spacial score (nSPS) is 13.5. The molecule has 3 aromatic rings. The molecule has 0 radical (unpaired) electrons. The number of amides is 1. The molecule has 1 heterocycles. The second kappa shape index (κ2) is 8.25. The maximum Gasteiger partial charge on any atom is 0.251 e. The molecular formula is C18H19ClN4O5. The number of aryl methyl sites for hydroxylation is 1. The van der Waals surface area contributed by atoms with Crippen LogP contribution < -0.4 is 15.8 Å². The van der Waals surface area contributed by atoms with Gasteiger partial charge in [0.2, 0.25) is 0 Å². The third-order valence-electron chi connectivity index (χ3n) is 4.45. The first-order valence-electron chi connectivity index (χ1n) is 8.43. The molecule has 148 valence electrons. The number of aromatic nitrogens is 1. The highest BCUT2D eigenvalue weighted by Crippen LogP contribution is 2.28. The molecule has 6 N–H and O–H groups in total. The summed E-state index contributed by atoms with van der Waals surface area (Å²) in [6, 6.07) is 8.91. The topological polar surface area (TPSA) is 140 Å². The SMILES string of the molecule is Cc1[nH]c2c(Cl)cccc2c1CCNC(=O)c1cc([NH+]([O-])O)cc([NH+]([O-])O)c1. The van der Waals surface area contributed by atoms with E-state index in [-0.39, 0.29) is 16.9 Å². The van der Waals surface area contributed by atoms with Crippen LogP contribution >= 0.6 is 11.6 Å². The Morgan fingerprint density at radius 1 is 1.18 bits per heavy atom. The molecule has 0 aliphatic heterocycles. The number of carbonyl (C=O) groups is 1. The van der Waals surface area contributed by atoms with Gasteiger partial charge in [0, 0.05) is 29.8 Å². The number of H-pyrrole nitrogens is 1. The number of quaternary nitrogens is 2. The van der Waals surface area contributed by atoms with Gasteiger partial charge in [-0.05, 0) is 25.0 Å². The molecule has 2 unspecified atom stereocenters. The summed E-state index contributed by atoms with van der Waals surface area (Å²) < 4.78 is 0. The predicted molar refractivity (Wildman–Crippen MR) is 102 cm³/mol. The van der Waals surface area contributed by atoms with E-state index in [1.807, 2.05) is 19.1 Å². The van der Waals surface area contributed by atoms with Crippen molar-refractivity contribution >= 4 is 39.8 Å². The van der Waals surface area contributed by atoms with E-state index >= 15 is 0 Å². The van der Waals surface area contributed by atoms with Crippen LogP contribution in [-0.2, 0) is 6.42 Å². The van der Waals surface area contributed by atoms with E-state index < -0.39 is 16.4 Å². The Labute approximate surface area is 164 Å². The highest BCUT2D eigenvalue weighted by atomic mass is 35.5. The van der Waals surface area contributed by atoms with Crippen LogP contribution in [0.1, 0.15) is 21.6 Å². The van der Waals surface area contributed by atoms with Crippen molar-refractivity contribution in [3.8, 4) is 0 Å². The number of hydrogen-bond acceptors (Lipinski definition) is 5.